The van der Waals surface area contributed by atoms with Gasteiger partial charge < -0.3 is 21.9 Å². The van der Waals surface area contributed by atoms with Crippen LogP contribution in [0.5, 0.6) is 5.75 Å². The smallest absolute Gasteiger partial charge is 0.215 e. The Balaban J connectivity index is 1.57. The Labute approximate surface area is 156 Å². The molecule has 0 heterocycles. The third kappa shape index (κ3) is 4.18. The molecule has 0 amide bonds. The van der Waals surface area contributed by atoms with Crippen molar-refractivity contribution in [3.8, 4) is 5.75 Å². The van der Waals surface area contributed by atoms with Crippen LogP contribution in [0.15, 0.2) is 12.1 Å². The van der Waals surface area contributed by atoms with E-state index in [0.717, 1.165) is 30.6 Å². The van der Waals surface area contributed by atoms with Crippen LogP contribution in [0.2, 0.25) is 0 Å². The van der Waals surface area contributed by atoms with Crippen LogP contribution >= 0.6 is 0 Å². The lowest BCUT2D eigenvalue weighted by atomic mass is 9.69. The lowest BCUT2D eigenvalue weighted by molar-refractivity contribution is -0.0110. The lowest BCUT2D eigenvalue weighted by Crippen LogP contribution is -2.61. The topological polar surface area (TPSA) is 139 Å². The van der Waals surface area contributed by atoms with E-state index in [1.165, 1.54) is 38.5 Å². The number of hydrogen-bond acceptors (Lipinski definition) is 6. The predicted octanol–water partition coefficient (Wildman–Crippen LogP) is 3.02. The summed E-state index contributed by atoms with van der Waals surface area (Å²) in [7, 11) is 0. The van der Waals surface area contributed by atoms with E-state index >= 15 is 0 Å². The third-order valence-corrected chi connectivity index (χ3v) is 6.65. The Bertz CT molecular complexity index is 594. The number of nitrogen functional groups attached to an aromatic ring is 3. The zero-order valence-electron chi connectivity index (χ0n) is 15.9. The molecule has 1 aromatic carbocycles. The summed E-state index contributed by atoms with van der Waals surface area (Å²) in [5.41, 5.74) is 31.3. The van der Waals surface area contributed by atoms with Crippen LogP contribution in [0, 0.1) is 23.7 Å². The van der Waals surface area contributed by atoms with Gasteiger partial charge in [0.05, 0.1) is 17.1 Å². The van der Waals surface area contributed by atoms with Crippen molar-refractivity contribution in [2.24, 2.45) is 35.1 Å². The molecule has 0 spiro atoms. The van der Waals surface area contributed by atoms with E-state index in [4.69, 9.17) is 33.4 Å². The van der Waals surface area contributed by atoms with Crippen LogP contribution in [0.3, 0.4) is 0 Å². The molecule has 0 unspecified atom stereocenters. The molecule has 0 aliphatic heterocycles. The third-order valence-electron chi connectivity index (χ3n) is 6.65. The standard InChI is InChI=1S/C20H35N5O/c1-12-2-4-13(5-3-12)14-6-8-15(9-7-14)20(24,25)26-16-10-17(21)19(23)18(22)11-16/h10-15H,2-9,21-25H2,1H3. The molecule has 6 nitrogen and oxygen atoms in total. The fourth-order valence-corrected chi connectivity index (χ4v) is 4.82. The molecule has 0 aromatic heterocycles. The van der Waals surface area contributed by atoms with Gasteiger partial charge in [-0.3, -0.25) is 11.5 Å². The van der Waals surface area contributed by atoms with E-state index < -0.39 is 5.85 Å². The van der Waals surface area contributed by atoms with Crippen molar-refractivity contribution in [3.05, 3.63) is 12.1 Å². The first-order valence-electron chi connectivity index (χ1n) is 9.97. The summed E-state index contributed by atoms with van der Waals surface area (Å²) in [5.74, 6) is 1.98. The molecule has 1 aromatic rings. The molecule has 6 heteroatoms. The molecule has 0 radical (unpaired) electrons. The van der Waals surface area contributed by atoms with Crippen molar-refractivity contribution in [2.75, 3.05) is 17.2 Å². The summed E-state index contributed by atoms with van der Waals surface area (Å²) in [4.78, 5) is 0. The minimum absolute atomic E-state index is 0.126. The SMILES string of the molecule is CC1CCC(C2CCC(C(N)(N)Oc3cc(N)c(N)c(N)c3)CC2)CC1. The first-order valence-corrected chi connectivity index (χ1v) is 9.97. The number of nitrogens with two attached hydrogens (primary N) is 5. The lowest BCUT2D eigenvalue weighted by Gasteiger charge is -2.41. The zero-order valence-corrected chi connectivity index (χ0v) is 15.9. The Morgan fingerprint density at radius 3 is 1.77 bits per heavy atom. The van der Waals surface area contributed by atoms with E-state index in [-0.39, 0.29) is 5.92 Å². The second-order valence-electron chi connectivity index (χ2n) is 8.60. The van der Waals surface area contributed by atoms with Crippen LogP contribution in [0.25, 0.3) is 0 Å². The summed E-state index contributed by atoms with van der Waals surface area (Å²) in [6, 6.07) is 3.27. The largest absolute Gasteiger partial charge is 0.460 e. The Kier molecular flexibility index (Phi) is 5.53. The van der Waals surface area contributed by atoms with Gasteiger partial charge >= 0.3 is 0 Å². The van der Waals surface area contributed by atoms with Crippen LogP contribution < -0.4 is 33.4 Å². The highest BCUT2D eigenvalue weighted by atomic mass is 16.5. The van der Waals surface area contributed by atoms with E-state index in [0.29, 0.717) is 22.8 Å². The second kappa shape index (κ2) is 7.53. The second-order valence-corrected chi connectivity index (χ2v) is 8.60. The molecule has 3 rings (SSSR count). The van der Waals surface area contributed by atoms with Gasteiger partial charge in [-0.2, -0.15) is 0 Å². The van der Waals surface area contributed by atoms with E-state index in [1.807, 2.05) is 0 Å². The van der Waals surface area contributed by atoms with Gasteiger partial charge in [-0.25, -0.2) is 0 Å². The summed E-state index contributed by atoms with van der Waals surface area (Å²) < 4.78 is 5.89. The molecular weight excluding hydrogens is 326 g/mol. The van der Waals surface area contributed by atoms with Crippen LogP contribution in [-0.2, 0) is 0 Å². The highest BCUT2D eigenvalue weighted by Crippen LogP contribution is 2.43. The van der Waals surface area contributed by atoms with E-state index in [9.17, 15) is 0 Å². The van der Waals surface area contributed by atoms with Gasteiger partial charge in [0.15, 0.2) is 0 Å². The van der Waals surface area contributed by atoms with Crippen molar-refractivity contribution >= 4 is 17.1 Å². The molecule has 26 heavy (non-hydrogen) atoms. The number of anilines is 3. The fourth-order valence-electron chi connectivity index (χ4n) is 4.82. The summed E-state index contributed by atoms with van der Waals surface area (Å²) in [6.45, 7) is 2.37. The number of benzene rings is 1. The fraction of sp³-hybridized carbons (Fsp3) is 0.700. The monoisotopic (exact) mass is 361 g/mol. The van der Waals surface area contributed by atoms with Gasteiger partial charge in [-0.05, 0) is 56.3 Å². The first kappa shape index (κ1) is 19.1. The zero-order chi connectivity index (χ0) is 18.9. The molecule has 0 atom stereocenters. The van der Waals surface area contributed by atoms with Gasteiger partial charge in [-0.1, -0.05) is 19.8 Å². The van der Waals surface area contributed by atoms with E-state index in [2.05, 4.69) is 6.92 Å². The highest BCUT2D eigenvalue weighted by molar-refractivity contribution is 5.79. The minimum Gasteiger partial charge on any atom is -0.460 e. The summed E-state index contributed by atoms with van der Waals surface area (Å²) in [6.07, 6.45) is 9.91. The molecule has 2 saturated carbocycles. The van der Waals surface area contributed by atoms with Gasteiger partial charge in [0, 0.05) is 18.1 Å². The maximum Gasteiger partial charge on any atom is 0.215 e. The van der Waals surface area contributed by atoms with Crippen molar-refractivity contribution in [1.82, 2.24) is 0 Å². The van der Waals surface area contributed by atoms with Gasteiger partial charge in [0.1, 0.15) is 5.75 Å². The molecular formula is C20H35N5O. The average molecular weight is 362 g/mol. The highest BCUT2D eigenvalue weighted by Gasteiger charge is 2.38. The van der Waals surface area contributed by atoms with Gasteiger partial charge in [0.25, 0.3) is 0 Å². The first-order chi connectivity index (χ1) is 12.3. The minimum atomic E-state index is -1.22. The summed E-state index contributed by atoms with van der Waals surface area (Å²) in [5, 5.41) is 0. The van der Waals surface area contributed by atoms with Crippen LogP contribution in [0.4, 0.5) is 17.1 Å². The number of hydrogen-bond donors (Lipinski definition) is 5. The molecule has 10 N–H and O–H groups in total. The predicted molar refractivity (Wildman–Crippen MR) is 108 cm³/mol. The maximum absolute atomic E-state index is 6.35. The molecule has 146 valence electrons. The van der Waals surface area contributed by atoms with Crippen molar-refractivity contribution < 1.29 is 4.74 Å². The van der Waals surface area contributed by atoms with E-state index in [1.54, 1.807) is 12.1 Å². The average Bonchev–Trinajstić information content (AvgIpc) is 2.60. The molecule has 0 saturated heterocycles. The Hall–Kier alpha value is -1.66. The summed E-state index contributed by atoms with van der Waals surface area (Å²) >= 11 is 0. The van der Waals surface area contributed by atoms with Gasteiger partial charge in [0.2, 0.25) is 5.85 Å². The van der Waals surface area contributed by atoms with Crippen molar-refractivity contribution in [2.45, 2.75) is 64.1 Å². The van der Waals surface area contributed by atoms with Gasteiger partial charge in [-0.15, -0.1) is 0 Å². The Morgan fingerprint density at radius 2 is 1.27 bits per heavy atom. The number of rotatable bonds is 4. The normalized spacial score (nSPS) is 30.1. The quantitative estimate of drug-likeness (QED) is 0.412. The molecule has 2 fully saturated rings. The van der Waals surface area contributed by atoms with Crippen molar-refractivity contribution in [3.63, 3.8) is 0 Å². The number of ether oxygens (including phenoxy) is 1. The van der Waals surface area contributed by atoms with Crippen molar-refractivity contribution in [1.29, 1.82) is 0 Å². The maximum atomic E-state index is 6.35. The Morgan fingerprint density at radius 1 is 0.808 bits per heavy atom. The molecule has 2 aliphatic carbocycles. The molecule has 0 bridgehead atoms. The molecule has 2 aliphatic rings. The van der Waals surface area contributed by atoms with Crippen LogP contribution in [0.1, 0.15) is 58.3 Å². The van der Waals surface area contributed by atoms with Crippen LogP contribution in [-0.4, -0.2) is 5.85 Å².